The van der Waals surface area contributed by atoms with Crippen LogP contribution in [0.5, 0.6) is 0 Å². The second-order valence-electron chi connectivity index (χ2n) is 4.90. The molecule has 0 radical (unpaired) electrons. The van der Waals surface area contributed by atoms with Crippen molar-refractivity contribution in [2.75, 3.05) is 25.5 Å². The molecule has 1 heterocycles. The maximum Gasteiger partial charge on any atom is 0.233 e. The van der Waals surface area contributed by atoms with Gasteiger partial charge in [-0.3, -0.25) is 4.79 Å². The van der Waals surface area contributed by atoms with Gasteiger partial charge in [0.15, 0.2) is 0 Å². The third-order valence-corrected chi connectivity index (χ3v) is 4.99. The number of ether oxygens (including phenoxy) is 1. The fraction of sp³-hybridized carbons (Fsp3) is 0.500. The van der Waals surface area contributed by atoms with E-state index in [1.807, 2.05) is 6.92 Å². The molecule has 0 spiro atoms. The minimum atomic E-state index is -0.301. The van der Waals surface area contributed by atoms with Crippen molar-refractivity contribution in [1.29, 1.82) is 0 Å². The molecular formula is C14H17Cl2NO3S. The number of thioether (sulfide) groups is 1. The number of carbonyl (C=O) groups is 1. The zero-order valence-electron chi connectivity index (χ0n) is 11.6. The minimum absolute atomic E-state index is 0.00490. The van der Waals surface area contributed by atoms with Gasteiger partial charge in [-0.25, -0.2) is 0 Å². The Labute approximate surface area is 138 Å². The summed E-state index contributed by atoms with van der Waals surface area (Å²) in [5, 5.41) is 10.3. The van der Waals surface area contributed by atoms with E-state index in [-0.39, 0.29) is 30.4 Å². The standard InChI is InChI=1S/C14H17Cl2NO3S/c1-9-7-20-11(6-18)5-17(9)14(19)8-21-13-4-10(15)2-3-12(13)16/h2-4,9,11,18H,5-8H2,1H3. The van der Waals surface area contributed by atoms with Crippen molar-refractivity contribution in [3.63, 3.8) is 0 Å². The number of amides is 1. The Hall–Kier alpha value is -0.460. The molecule has 2 atom stereocenters. The first kappa shape index (κ1) is 16.9. The van der Waals surface area contributed by atoms with Crippen molar-refractivity contribution in [3.8, 4) is 0 Å². The largest absolute Gasteiger partial charge is 0.394 e. The summed E-state index contributed by atoms with van der Waals surface area (Å²) >= 11 is 13.4. The summed E-state index contributed by atoms with van der Waals surface area (Å²) in [6.45, 7) is 2.71. The predicted octanol–water partition coefficient (Wildman–Crippen LogP) is 2.69. The molecule has 1 aliphatic rings. The molecule has 1 aromatic rings. The van der Waals surface area contributed by atoms with Gasteiger partial charge < -0.3 is 14.7 Å². The molecule has 1 fully saturated rings. The molecule has 1 N–H and O–H groups in total. The normalized spacial score (nSPS) is 22.4. The third kappa shape index (κ3) is 4.50. The highest BCUT2D eigenvalue weighted by molar-refractivity contribution is 8.00. The lowest BCUT2D eigenvalue weighted by atomic mass is 10.2. The van der Waals surface area contributed by atoms with Gasteiger partial charge in [-0.15, -0.1) is 11.8 Å². The monoisotopic (exact) mass is 349 g/mol. The van der Waals surface area contributed by atoms with Gasteiger partial charge in [0, 0.05) is 16.5 Å². The van der Waals surface area contributed by atoms with Gasteiger partial charge in [-0.2, -0.15) is 0 Å². The van der Waals surface area contributed by atoms with E-state index in [0.29, 0.717) is 23.2 Å². The maximum absolute atomic E-state index is 12.3. The Morgan fingerprint density at radius 1 is 1.52 bits per heavy atom. The van der Waals surface area contributed by atoms with E-state index in [1.165, 1.54) is 11.8 Å². The molecule has 0 bridgehead atoms. The average Bonchev–Trinajstić information content (AvgIpc) is 2.48. The topological polar surface area (TPSA) is 49.8 Å². The summed E-state index contributed by atoms with van der Waals surface area (Å²) in [6, 6.07) is 5.19. The molecule has 0 saturated carbocycles. The fourth-order valence-electron chi connectivity index (χ4n) is 2.09. The van der Waals surface area contributed by atoms with Gasteiger partial charge in [0.25, 0.3) is 0 Å². The molecular weight excluding hydrogens is 333 g/mol. The van der Waals surface area contributed by atoms with Crippen molar-refractivity contribution in [3.05, 3.63) is 28.2 Å². The van der Waals surface area contributed by atoms with Gasteiger partial charge in [0.1, 0.15) is 0 Å². The summed E-state index contributed by atoms with van der Waals surface area (Å²) in [5.74, 6) is 0.285. The maximum atomic E-state index is 12.3. The molecule has 4 nitrogen and oxygen atoms in total. The quantitative estimate of drug-likeness (QED) is 0.849. The number of hydrogen-bond donors (Lipinski definition) is 1. The first-order chi connectivity index (χ1) is 10.0. The molecule has 116 valence electrons. The van der Waals surface area contributed by atoms with Crippen LogP contribution in [-0.2, 0) is 9.53 Å². The van der Waals surface area contributed by atoms with Crippen LogP contribution in [0.4, 0.5) is 0 Å². The van der Waals surface area contributed by atoms with Crippen molar-refractivity contribution < 1.29 is 14.6 Å². The van der Waals surface area contributed by atoms with Crippen molar-refractivity contribution >= 4 is 40.9 Å². The highest BCUT2D eigenvalue weighted by Crippen LogP contribution is 2.30. The van der Waals surface area contributed by atoms with Gasteiger partial charge in [0.05, 0.1) is 36.1 Å². The molecule has 1 aliphatic heterocycles. The molecule has 2 rings (SSSR count). The summed E-state index contributed by atoms with van der Waals surface area (Å²) in [4.78, 5) is 14.9. The van der Waals surface area contributed by atoms with Gasteiger partial charge in [0.2, 0.25) is 5.91 Å². The van der Waals surface area contributed by atoms with E-state index in [0.717, 1.165) is 4.90 Å². The SMILES string of the molecule is CC1COC(CO)CN1C(=O)CSc1cc(Cl)ccc1Cl. The Balaban J connectivity index is 1.96. The van der Waals surface area contributed by atoms with Crippen LogP contribution in [0.25, 0.3) is 0 Å². The molecule has 0 aromatic heterocycles. The lowest BCUT2D eigenvalue weighted by molar-refractivity contribution is -0.143. The fourth-order valence-corrected chi connectivity index (χ4v) is 3.46. The number of halogens is 2. The number of aliphatic hydroxyl groups excluding tert-OH is 1. The predicted molar refractivity (Wildman–Crippen MR) is 85.2 cm³/mol. The summed E-state index contributed by atoms with van der Waals surface area (Å²) in [6.07, 6.45) is -0.301. The molecule has 1 aromatic carbocycles. The van der Waals surface area contributed by atoms with Gasteiger partial charge in [-0.05, 0) is 25.1 Å². The van der Waals surface area contributed by atoms with Crippen LogP contribution in [0, 0.1) is 0 Å². The van der Waals surface area contributed by atoms with Gasteiger partial charge in [-0.1, -0.05) is 23.2 Å². The van der Waals surface area contributed by atoms with Crippen molar-refractivity contribution in [1.82, 2.24) is 4.90 Å². The lowest BCUT2D eigenvalue weighted by Gasteiger charge is -2.37. The smallest absolute Gasteiger partial charge is 0.233 e. The van der Waals surface area contributed by atoms with E-state index in [2.05, 4.69) is 0 Å². The molecule has 2 unspecified atom stereocenters. The van der Waals surface area contributed by atoms with Crippen LogP contribution >= 0.6 is 35.0 Å². The second-order valence-corrected chi connectivity index (χ2v) is 6.76. The number of rotatable bonds is 4. The van der Waals surface area contributed by atoms with E-state index in [1.54, 1.807) is 23.1 Å². The highest BCUT2D eigenvalue weighted by atomic mass is 35.5. The van der Waals surface area contributed by atoms with Crippen molar-refractivity contribution in [2.24, 2.45) is 0 Å². The average molecular weight is 350 g/mol. The molecule has 21 heavy (non-hydrogen) atoms. The number of nitrogens with zero attached hydrogens (tertiary/aromatic N) is 1. The third-order valence-electron chi connectivity index (χ3n) is 3.27. The number of hydrogen-bond acceptors (Lipinski definition) is 4. The van der Waals surface area contributed by atoms with Crippen LogP contribution in [0.2, 0.25) is 10.0 Å². The zero-order chi connectivity index (χ0) is 15.4. The van der Waals surface area contributed by atoms with E-state index in [4.69, 9.17) is 33.0 Å². The van der Waals surface area contributed by atoms with E-state index < -0.39 is 0 Å². The van der Waals surface area contributed by atoms with Crippen LogP contribution in [0.3, 0.4) is 0 Å². The number of benzene rings is 1. The summed E-state index contributed by atoms with van der Waals surface area (Å²) in [5.41, 5.74) is 0. The zero-order valence-corrected chi connectivity index (χ0v) is 13.9. The van der Waals surface area contributed by atoms with Crippen LogP contribution in [0.15, 0.2) is 23.1 Å². The molecule has 7 heteroatoms. The molecule has 0 aliphatic carbocycles. The summed E-state index contributed by atoms with van der Waals surface area (Å²) < 4.78 is 5.43. The first-order valence-electron chi connectivity index (χ1n) is 6.61. The van der Waals surface area contributed by atoms with E-state index in [9.17, 15) is 4.79 Å². The van der Waals surface area contributed by atoms with Crippen LogP contribution in [0.1, 0.15) is 6.92 Å². The molecule has 1 saturated heterocycles. The summed E-state index contributed by atoms with van der Waals surface area (Å²) in [7, 11) is 0. The number of carbonyl (C=O) groups excluding carboxylic acids is 1. The highest BCUT2D eigenvalue weighted by Gasteiger charge is 2.29. The van der Waals surface area contributed by atoms with E-state index >= 15 is 0 Å². The Kier molecular flexibility index (Phi) is 6.20. The van der Waals surface area contributed by atoms with Gasteiger partial charge >= 0.3 is 0 Å². The number of aliphatic hydroxyl groups is 1. The number of morpholine rings is 1. The lowest BCUT2D eigenvalue weighted by Crippen LogP contribution is -2.52. The van der Waals surface area contributed by atoms with Crippen LogP contribution < -0.4 is 0 Å². The van der Waals surface area contributed by atoms with Crippen molar-refractivity contribution in [2.45, 2.75) is 24.0 Å². The second kappa shape index (κ2) is 7.70. The van der Waals surface area contributed by atoms with Crippen LogP contribution in [-0.4, -0.2) is 53.6 Å². The Morgan fingerprint density at radius 3 is 3.00 bits per heavy atom. The molecule has 1 amide bonds. The Bertz CT molecular complexity index is 515. The first-order valence-corrected chi connectivity index (χ1v) is 8.35. The minimum Gasteiger partial charge on any atom is -0.394 e. The Morgan fingerprint density at radius 2 is 2.29 bits per heavy atom.